The number of carbonyl (C=O) groups excluding carboxylic acids is 1. The molecule has 0 spiro atoms. The number of rotatable bonds is 35. The highest BCUT2D eigenvalue weighted by atomic mass is 32.3. The van der Waals surface area contributed by atoms with Gasteiger partial charge in [-0.1, -0.05) is 154 Å². The summed E-state index contributed by atoms with van der Waals surface area (Å²) >= 11 is 0. The number of aliphatic imine (C=N–C) groups is 1. The van der Waals surface area contributed by atoms with E-state index in [0.29, 0.717) is 6.42 Å². The highest BCUT2D eigenvalue weighted by Gasteiger charge is 2.24. The van der Waals surface area contributed by atoms with E-state index in [4.69, 9.17) is 9.55 Å². The van der Waals surface area contributed by atoms with E-state index in [1.54, 1.807) is 0 Å². The lowest BCUT2D eigenvalue weighted by Gasteiger charge is -2.30. The van der Waals surface area contributed by atoms with Gasteiger partial charge in [-0.15, -0.1) is 0 Å². The van der Waals surface area contributed by atoms with Crippen molar-refractivity contribution in [2.45, 2.75) is 220 Å². The van der Waals surface area contributed by atoms with Crippen LogP contribution in [0.3, 0.4) is 0 Å². The smallest absolute Gasteiger partial charge is 0.338 e. The third-order valence-electron chi connectivity index (χ3n) is 9.85. The van der Waals surface area contributed by atoms with Crippen LogP contribution in [0.5, 0.6) is 0 Å². The predicted molar refractivity (Wildman–Crippen MR) is 223 cm³/mol. The molecule has 0 aromatic rings. The number of nitrogens with zero attached hydrogens (tertiary/aromatic N) is 2. The summed E-state index contributed by atoms with van der Waals surface area (Å²) < 4.78 is 29.7. The summed E-state index contributed by atoms with van der Waals surface area (Å²) in [7, 11) is -3.29. The minimum atomic E-state index is -4.16. The molecule has 1 atom stereocenters. The van der Waals surface area contributed by atoms with Gasteiger partial charge < -0.3 is 10.2 Å². The molecule has 1 rings (SSSR count). The van der Waals surface area contributed by atoms with E-state index in [9.17, 15) is 13.2 Å². The Kier molecular flexibility index (Phi) is 36.4. The molecule has 0 saturated heterocycles. The average molecular weight is 754 g/mol. The summed E-state index contributed by atoms with van der Waals surface area (Å²) in [6, 6.07) is 0. The molecule has 1 amide bonds. The van der Waals surface area contributed by atoms with Crippen LogP contribution in [0.25, 0.3) is 0 Å². The normalized spacial score (nSPS) is 13.9. The summed E-state index contributed by atoms with van der Waals surface area (Å²) in [4.78, 5) is 19.9. The molecule has 0 saturated carbocycles. The summed E-state index contributed by atoms with van der Waals surface area (Å²) in [6.07, 6.45) is 47.9. The first-order chi connectivity index (χ1) is 25.3. The Hall–Kier alpha value is -1.71. The standard InChI is InChI=1S/C42H79N3O.CH4O4S/c1-4-7-9-11-13-15-17-19-21-23-24-26-28-30-32-34-36-41-43-38-39-45(41)40(6-3)44-42(46)37-35-33-31-29-27-25-22-20-18-16-14-12-10-8-5-2;1-5-6(2,3)4/h19-22,40H,4-18,23-39H2,1-3H3,(H,44,46);1H3,(H,2,3,4)/b21-19-,22-20-;. The molecule has 9 heteroatoms. The number of unbranched alkanes of at least 4 members (excludes halogenated alkanes) is 23. The maximum absolute atomic E-state index is 12.7. The largest absolute Gasteiger partial charge is 0.397 e. The minimum Gasteiger partial charge on any atom is -0.338 e. The maximum Gasteiger partial charge on any atom is 0.397 e. The lowest BCUT2D eigenvalue weighted by atomic mass is 10.1. The number of amides is 1. The van der Waals surface area contributed by atoms with Crippen molar-refractivity contribution in [3.05, 3.63) is 24.3 Å². The monoisotopic (exact) mass is 754 g/mol. The Morgan fingerprint density at radius 3 is 1.48 bits per heavy atom. The van der Waals surface area contributed by atoms with Gasteiger partial charge in [-0.05, 0) is 70.6 Å². The van der Waals surface area contributed by atoms with Crippen molar-refractivity contribution in [1.29, 1.82) is 0 Å². The molecule has 0 fully saturated rings. The van der Waals surface area contributed by atoms with Crippen LogP contribution in [0.1, 0.15) is 213 Å². The number of hydrogen-bond acceptors (Lipinski definition) is 6. The molecule has 0 bridgehead atoms. The van der Waals surface area contributed by atoms with Crippen molar-refractivity contribution in [2.75, 3.05) is 20.2 Å². The van der Waals surface area contributed by atoms with Crippen LogP contribution in [0.4, 0.5) is 0 Å². The third-order valence-corrected chi connectivity index (χ3v) is 10.3. The summed E-state index contributed by atoms with van der Waals surface area (Å²) in [5.41, 5.74) is 0. The van der Waals surface area contributed by atoms with E-state index >= 15 is 0 Å². The highest BCUT2D eigenvalue weighted by molar-refractivity contribution is 7.80. The SMILES string of the molecule is CCCCCCCC/C=C\CCCCCCCCC1=NCCN1C(CC)NC(=O)CCCCCCC/C=C\CCCCCCCC.COS(=O)(=O)O. The lowest BCUT2D eigenvalue weighted by molar-refractivity contribution is -0.122. The van der Waals surface area contributed by atoms with Crippen LogP contribution in [0.2, 0.25) is 0 Å². The van der Waals surface area contributed by atoms with Crippen LogP contribution in [0, 0.1) is 0 Å². The van der Waals surface area contributed by atoms with Crippen LogP contribution < -0.4 is 5.32 Å². The first kappa shape index (κ1) is 50.3. The van der Waals surface area contributed by atoms with Gasteiger partial charge in [0.25, 0.3) is 0 Å². The maximum atomic E-state index is 12.7. The Bertz CT molecular complexity index is 999. The van der Waals surface area contributed by atoms with Crippen molar-refractivity contribution in [3.8, 4) is 0 Å². The second kappa shape index (κ2) is 37.6. The Balaban J connectivity index is 0.00000397. The van der Waals surface area contributed by atoms with Gasteiger partial charge in [-0.25, -0.2) is 0 Å². The highest BCUT2D eigenvalue weighted by Crippen LogP contribution is 2.17. The molecule has 306 valence electrons. The number of allylic oxidation sites excluding steroid dienone is 4. The van der Waals surface area contributed by atoms with Crippen molar-refractivity contribution >= 4 is 22.1 Å². The summed E-state index contributed by atoms with van der Waals surface area (Å²) in [6.45, 7) is 8.58. The molecule has 0 aromatic carbocycles. The molecule has 1 aliphatic rings. The molecule has 8 nitrogen and oxygen atoms in total. The molecule has 2 N–H and O–H groups in total. The fraction of sp³-hybridized carbons (Fsp3) is 0.860. The minimum absolute atomic E-state index is 0.103. The fourth-order valence-corrected chi connectivity index (χ4v) is 6.61. The molecular weight excluding hydrogens is 671 g/mol. The van der Waals surface area contributed by atoms with E-state index in [1.807, 2.05) is 0 Å². The zero-order valence-electron chi connectivity index (χ0n) is 34.4. The Morgan fingerprint density at radius 1 is 0.692 bits per heavy atom. The molecule has 0 radical (unpaired) electrons. The summed E-state index contributed by atoms with van der Waals surface area (Å²) in [5, 5.41) is 3.34. The van der Waals surface area contributed by atoms with Gasteiger partial charge in [0.05, 0.1) is 13.7 Å². The quantitative estimate of drug-likeness (QED) is 0.0379. The topological polar surface area (TPSA) is 108 Å². The van der Waals surface area contributed by atoms with Gasteiger partial charge in [-0.2, -0.15) is 8.42 Å². The molecule has 0 aromatic heterocycles. The van der Waals surface area contributed by atoms with Gasteiger partial charge in [0.1, 0.15) is 12.0 Å². The average Bonchev–Trinajstić information content (AvgIpc) is 3.60. The van der Waals surface area contributed by atoms with Crippen molar-refractivity contribution in [1.82, 2.24) is 10.2 Å². The van der Waals surface area contributed by atoms with Gasteiger partial charge >= 0.3 is 10.4 Å². The fourth-order valence-electron chi connectivity index (χ4n) is 6.61. The number of amidine groups is 1. The third kappa shape index (κ3) is 34.1. The second-order valence-electron chi connectivity index (χ2n) is 14.6. The van der Waals surface area contributed by atoms with Crippen molar-refractivity contribution in [3.63, 3.8) is 0 Å². The second-order valence-corrected chi connectivity index (χ2v) is 15.8. The zero-order valence-corrected chi connectivity index (χ0v) is 35.2. The molecule has 52 heavy (non-hydrogen) atoms. The molecule has 1 unspecified atom stereocenters. The first-order valence-corrected chi connectivity index (χ1v) is 23.1. The molecular formula is C43H83N3O5S. The lowest BCUT2D eigenvalue weighted by Crippen LogP contribution is -2.49. The summed E-state index contributed by atoms with van der Waals surface area (Å²) in [5.74, 6) is 1.44. The van der Waals surface area contributed by atoms with E-state index in [-0.39, 0.29) is 12.1 Å². The van der Waals surface area contributed by atoms with Gasteiger partial charge in [-0.3, -0.25) is 18.5 Å². The number of hydrogen-bond donors (Lipinski definition) is 2. The molecule has 0 aliphatic carbocycles. The zero-order chi connectivity index (χ0) is 38.4. The van der Waals surface area contributed by atoms with E-state index < -0.39 is 10.4 Å². The van der Waals surface area contributed by atoms with Crippen molar-refractivity contribution < 1.29 is 21.9 Å². The van der Waals surface area contributed by atoms with Gasteiger partial charge in [0.15, 0.2) is 0 Å². The first-order valence-electron chi connectivity index (χ1n) is 21.7. The molecule has 1 heterocycles. The number of nitrogens with one attached hydrogen (secondary N) is 1. The van der Waals surface area contributed by atoms with Gasteiger partial charge in [0, 0.05) is 19.4 Å². The predicted octanol–water partition coefficient (Wildman–Crippen LogP) is 12.5. The number of carbonyl (C=O) groups is 1. The Morgan fingerprint density at radius 2 is 1.08 bits per heavy atom. The van der Waals surface area contributed by atoms with Crippen LogP contribution in [-0.4, -0.2) is 56.0 Å². The van der Waals surface area contributed by atoms with E-state index in [2.05, 4.69) is 59.5 Å². The van der Waals surface area contributed by atoms with Crippen molar-refractivity contribution in [2.24, 2.45) is 4.99 Å². The van der Waals surface area contributed by atoms with E-state index in [0.717, 1.165) is 45.9 Å². The van der Waals surface area contributed by atoms with Crippen LogP contribution >= 0.6 is 0 Å². The van der Waals surface area contributed by atoms with Crippen LogP contribution in [-0.2, 0) is 19.4 Å². The van der Waals surface area contributed by atoms with E-state index in [1.165, 1.54) is 166 Å². The Labute approximate surface area is 322 Å². The van der Waals surface area contributed by atoms with Gasteiger partial charge in [0.2, 0.25) is 5.91 Å². The molecule has 1 aliphatic heterocycles. The van der Waals surface area contributed by atoms with Crippen LogP contribution in [0.15, 0.2) is 29.3 Å².